The van der Waals surface area contributed by atoms with Crippen LogP contribution in [0.4, 0.5) is 14.6 Å². The molecular formula is C25H27F2N4O8P. The number of nitrogens with zero attached hydrogens (tertiary/aromatic N) is 2. The highest BCUT2D eigenvalue weighted by Gasteiger charge is 2.60. The molecule has 0 unspecified atom stereocenters. The molecule has 1 aliphatic rings. The van der Waals surface area contributed by atoms with E-state index in [0.717, 1.165) is 17.8 Å². The Morgan fingerprint density at radius 2 is 1.85 bits per heavy atom. The van der Waals surface area contributed by atoms with Gasteiger partial charge >= 0.3 is 25.3 Å². The summed E-state index contributed by atoms with van der Waals surface area (Å²) in [7, 11) is -4.46. The first-order chi connectivity index (χ1) is 19.0. The zero-order valence-electron chi connectivity index (χ0n) is 21.1. The summed E-state index contributed by atoms with van der Waals surface area (Å²) in [4.78, 5) is 28.1. The molecule has 15 heteroatoms. The van der Waals surface area contributed by atoms with Gasteiger partial charge in [-0.3, -0.25) is 13.9 Å². The van der Waals surface area contributed by atoms with Crippen LogP contribution in [0.1, 0.15) is 18.7 Å². The molecule has 4 rings (SSSR count). The summed E-state index contributed by atoms with van der Waals surface area (Å²) in [6.45, 7) is 0.435. The number of nitrogens with two attached hydrogens (primary N) is 1. The van der Waals surface area contributed by atoms with Crippen molar-refractivity contribution < 1.29 is 41.8 Å². The maximum absolute atomic E-state index is 14.9. The fourth-order valence-electron chi connectivity index (χ4n) is 3.74. The second-order valence-electron chi connectivity index (χ2n) is 8.83. The van der Waals surface area contributed by atoms with Crippen LogP contribution >= 0.6 is 7.75 Å². The molecule has 214 valence electrons. The van der Waals surface area contributed by atoms with Crippen LogP contribution in [0.3, 0.4) is 0 Å². The zero-order valence-corrected chi connectivity index (χ0v) is 22.0. The number of hydrogen-bond acceptors (Lipinski definition) is 10. The fourth-order valence-corrected chi connectivity index (χ4v) is 5.24. The van der Waals surface area contributed by atoms with Crippen LogP contribution in [0.5, 0.6) is 5.75 Å². The number of rotatable bonds is 11. The van der Waals surface area contributed by atoms with E-state index < -0.39 is 56.4 Å². The van der Waals surface area contributed by atoms with Crippen LogP contribution in [-0.4, -0.2) is 51.4 Å². The van der Waals surface area contributed by atoms with Gasteiger partial charge in [0.15, 0.2) is 6.10 Å². The van der Waals surface area contributed by atoms with E-state index in [2.05, 4.69) is 10.1 Å². The van der Waals surface area contributed by atoms with Crippen molar-refractivity contribution in [3.05, 3.63) is 89.0 Å². The Hall–Kier alpha value is -3.68. The number of ether oxygens (including phenoxy) is 2. The van der Waals surface area contributed by atoms with E-state index in [-0.39, 0.29) is 18.2 Å². The number of anilines is 1. The van der Waals surface area contributed by atoms with Crippen LogP contribution in [0.2, 0.25) is 0 Å². The average molecular weight is 580 g/mol. The van der Waals surface area contributed by atoms with Gasteiger partial charge in [-0.2, -0.15) is 18.9 Å². The Labute approximate surface area is 227 Å². The van der Waals surface area contributed by atoms with E-state index in [1.165, 1.54) is 19.1 Å². The van der Waals surface area contributed by atoms with Crippen molar-refractivity contribution in [2.24, 2.45) is 0 Å². The lowest BCUT2D eigenvalue weighted by molar-refractivity contribution is -0.146. The lowest BCUT2D eigenvalue weighted by Crippen LogP contribution is -2.42. The highest BCUT2D eigenvalue weighted by molar-refractivity contribution is 7.52. The van der Waals surface area contributed by atoms with Gasteiger partial charge in [0.2, 0.25) is 6.23 Å². The topological polar surface area (TPSA) is 164 Å². The Morgan fingerprint density at radius 3 is 2.50 bits per heavy atom. The molecule has 1 saturated heterocycles. The lowest BCUT2D eigenvalue weighted by Gasteiger charge is -2.24. The molecule has 1 aromatic heterocycles. The van der Waals surface area contributed by atoms with Gasteiger partial charge in [-0.1, -0.05) is 48.5 Å². The number of aromatic nitrogens is 2. The van der Waals surface area contributed by atoms with Crippen molar-refractivity contribution >= 4 is 19.5 Å². The van der Waals surface area contributed by atoms with E-state index in [1.807, 2.05) is 0 Å². The van der Waals surface area contributed by atoms with Crippen molar-refractivity contribution in [3.8, 4) is 5.75 Å². The molecule has 0 amide bonds. The standard InChI is InChI=1S/C25H27F2N4O8P/c1-16(22(33)36-14-17-8-4-2-5-9-17)30-40(35,39-18-10-6-3-7-11-18)37-15-19-21(32)25(26,27)23(38-19)31-13-12-20(28)29-24(31)34/h2-13,16,19,21,23,32H,14-15H2,1H3,(H,30,35)(H2,28,29,34)/t16-,19+,21+,23+,40+/m0/s1. The third-order valence-corrected chi connectivity index (χ3v) is 7.43. The van der Waals surface area contributed by atoms with E-state index in [9.17, 15) is 28.0 Å². The van der Waals surface area contributed by atoms with E-state index in [4.69, 9.17) is 24.3 Å². The van der Waals surface area contributed by atoms with E-state index in [1.54, 1.807) is 48.5 Å². The van der Waals surface area contributed by atoms with Gasteiger partial charge in [-0.25, -0.2) is 9.36 Å². The first-order valence-electron chi connectivity index (χ1n) is 12.0. The Kier molecular flexibility index (Phi) is 8.96. The Morgan fingerprint density at radius 1 is 1.20 bits per heavy atom. The zero-order chi connectivity index (χ0) is 28.9. The molecular weight excluding hydrogens is 553 g/mol. The van der Waals surface area contributed by atoms with E-state index >= 15 is 0 Å². The summed E-state index contributed by atoms with van der Waals surface area (Å²) in [6, 6.07) is 16.5. The molecule has 0 bridgehead atoms. The summed E-state index contributed by atoms with van der Waals surface area (Å²) in [5.41, 5.74) is 5.01. The van der Waals surface area contributed by atoms with Crippen LogP contribution in [0.15, 0.2) is 77.7 Å². The summed E-state index contributed by atoms with van der Waals surface area (Å²) in [5.74, 6) is -4.85. The number of para-hydroxylation sites is 1. The number of nitrogen functional groups attached to an aromatic ring is 1. The number of aliphatic hydroxyl groups excluding tert-OH is 1. The SMILES string of the molecule is C[C@H](N[P@@](=O)(OC[C@H]1O[C@@H](n2ccc(N)nc2=O)C(F)(F)[C@@H]1O)Oc1ccccc1)C(=O)OCc1ccccc1. The minimum Gasteiger partial charge on any atom is -0.460 e. The molecule has 3 aromatic rings. The molecule has 0 radical (unpaired) electrons. The molecule has 12 nitrogen and oxygen atoms in total. The monoisotopic (exact) mass is 580 g/mol. The highest BCUT2D eigenvalue weighted by atomic mass is 31.2. The maximum atomic E-state index is 14.9. The number of carbonyl (C=O) groups excluding carboxylic acids is 1. The van der Waals surface area contributed by atoms with Gasteiger partial charge in [0.05, 0.1) is 6.61 Å². The van der Waals surface area contributed by atoms with E-state index in [0.29, 0.717) is 4.57 Å². The average Bonchev–Trinajstić information content (AvgIpc) is 3.15. The quantitative estimate of drug-likeness (QED) is 0.226. The maximum Gasteiger partial charge on any atom is 0.459 e. The van der Waals surface area contributed by atoms with Gasteiger partial charge in [-0.15, -0.1) is 0 Å². The Balaban J connectivity index is 1.47. The predicted octanol–water partition coefficient (Wildman–Crippen LogP) is 2.64. The first kappa shape index (κ1) is 29.3. The van der Waals surface area contributed by atoms with Crippen molar-refractivity contribution in [1.29, 1.82) is 0 Å². The van der Waals surface area contributed by atoms with Crippen molar-refractivity contribution in [2.45, 2.75) is 43.9 Å². The smallest absolute Gasteiger partial charge is 0.459 e. The van der Waals surface area contributed by atoms with Crippen LogP contribution in [0.25, 0.3) is 0 Å². The molecule has 1 fully saturated rings. The van der Waals surface area contributed by atoms with Crippen molar-refractivity contribution in [2.75, 3.05) is 12.3 Å². The number of nitrogens with one attached hydrogen (secondary N) is 1. The summed E-state index contributed by atoms with van der Waals surface area (Å²) >= 11 is 0. The van der Waals surface area contributed by atoms with Gasteiger partial charge in [0.25, 0.3) is 0 Å². The van der Waals surface area contributed by atoms with Crippen LogP contribution < -0.4 is 21.0 Å². The minimum atomic E-state index is -4.46. The highest BCUT2D eigenvalue weighted by Crippen LogP contribution is 2.48. The molecule has 0 saturated carbocycles. The van der Waals surface area contributed by atoms with Crippen molar-refractivity contribution in [3.63, 3.8) is 0 Å². The number of aliphatic hydroxyl groups is 1. The van der Waals surface area contributed by atoms with Gasteiger partial charge in [-0.05, 0) is 30.7 Å². The summed E-state index contributed by atoms with van der Waals surface area (Å²) in [5, 5.41) is 12.7. The molecule has 40 heavy (non-hydrogen) atoms. The largest absolute Gasteiger partial charge is 0.460 e. The fraction of sp³-hybridized carbons (Fsp3) is 0.320. The molecule has 4 N–H and O–H groups in total. The molecule has 0 spiro atoms. The van der Waals surface area contributed by atoms with Crippen LogP contribution in [0, 0.1) is 0 Å². The number of esters is 1. The third-order valence-electron chi connectivity index (χ3n) is 5.79. The summed E-state index contributed by atoms with van der Waals surface area (Å²) < 4.78 is 65.3. The molecule has 2 aromatic carbocycles. The molecule has 0 aliphatic carbocycles. The normalized spacial score (nSPS) is 22.2. The number of carbonyl (C=O) groups is 1. The van der Waals surface area contributed by atoms with Gasteiger partial charge in [0.1, 0.15) is 30.3 Å². The van der Waals surface area contributed by atoms with Gasteiger partial charge < -0.3 is 24.8 Å². The Bertz CT molecular complexity index is 1410. The second-order valence-corrected chi connectivity index (χ2v) is 10.5. The predicted molar refractivity (Wildman–Crippen MR) is 137 cm³/mol. The number of halogens is 2. The first-order valence-corrected chi connectivity index (χ1v) is 13.6. The third kappa shape index (κ3) is 6.90. The summed E-state index contributed by atoms with van der Waals surface area (Å²) in [6.07, 6.45) is -5.50. The lowest BCUT2D eigenvalue weighted by atomic mass is 10.1. The molecule has 1 aliphatic heterocycles. The molecule has 2 heterocycles. The van der Waals surface area contributed by atoms with Gasteiger partial charge in [0, 0.05) is 6.20 Å². The number of alkyl halides is 2. The minimum absolute atomic E-state index is 0.0473. The van der Waals surface area contributed by atoms with Crippen molar-refractivity contribution in [1.82, 2.24) is 14.6 Å². The second kappa shape index (κ2) is 12.2. The number of hydrogen-bond donors (Lipinski definition) is 3. The molecule has 5 atom stereocenters. The van der Waals surface area contributed by atoms with Crippen LogP contribution in [-0.2, 0) is 30.0 Å². The number of benzene rings is 2.